The van der Waals surface area contributed by atoms with Gasteiger partial charge in [-0.15, -0.1) is 6.42 Å². The van der Waals surface area contributed by atoms with Gasteiger partial charge in [0, 0.05) is 5.56 Å². The molecule has 112 valence electrons. The predicted molar refractivity (Wildman–Crippen MR) is 76.8 cm³/mol. The smallest absolute Gasteiger partial charge is 0.355 e. The minimum absolute atomic E-state index is 0.00228. The summed E-state index contributed by atoms with van der Waals surface area (Å²) in [5, 5.41) is 0. The molecule has 0 aliphatic carbocycles. The number of H-pyrrole nitrogens is 1. The minimum Gasteiger partial charge on any atom is -0.465 e. The van der Waals surface area contributed by atoms with Crippen LogP contribution in [0.4, 0.5) is 4.39 Å². The van der Waals surface area contributed by atoms with E-state index in [0.29, 0.717) is 5.56 Å². The number of halogens is 1. The van der Waals surface area contributed by atoms with Crippen LogP contribution in [0.3, 0.4) is 0 Å². The van der Waals surface area contributed by atoms with Crippen LogP contribution in [0.5, 0.6) is 0 Å². The lowest BCUT2D eigenvalue weighted by Crippen LogP contribution is -2.06. The van der Waals surface area contributed by atoms with Crippen molar-refractivity contribution in [1.29, 1.82) is 0 Å². The van der Waals surface area contributed by atoms with Gasteiger partial charge in [-0.2, -0.15) is 0 Å². The second kappa shape index (κ2) is 6.14. The molecule has 0 fully saturated rings. The molecule has 2 rings (SSSR count). The normalized spacial score (nSPS) is 9.91. The van der Waals surface area contributed by atoms with Crippen molar-refractivity contribution in [3.63, 3.8) is 0 Å². The number of terminal acetylenes is 1. The molecule has 0 saturated heterocycles. The molecule has 0 bridgehead atoms. The van der Waals surface area contributed by atoms with Gasteiger partial charge in [0.05, 0.1) is 14.2 Å². The van der Waals surface area contributed by atoms with Crippen molar-refractivity contribution in [2.24, 2.45) is 0 Å². The van der Waals surface area contributed by atoms with E-state index in [1.165, 1.54) is 38.5 Å². The van der Waals surface area contributed by atoms with Crippen LogP contribution < -0.4 is 0 Å². The third-order valence-corrected chi connectivity index (χ3v) is 3.06. The second-order valence-electron chi connectivity index (χ2n) is 4.26. The quantitative estimate of drug-likeness (QED) is 0.698. The van der Waals surface area contributed by atoms with E-state index in [9.17, 15) is 14.0 Å². The van der Waals surface area contributed by atoms with Crippen molar-refractivity contribution >= 4 is 11.9 Å². The van der Waals surface area contributed by atoms with E-state index in [1.807, 2.05) is 0 Å². The summed E-state index contributed by atoms with van der Waals surface area (Å²) >= 11 is 0. The Morgan fingerprint density at radius 3 is 2.23 bits per heavy atom. The number of aromatic amines is 1. The first kappa shape index (κ1) is 15.3. The van der Waals surface area contributed by atoms with Gasteiger partial charge < -0.3 is 14.5 Å². The number of carbonyl (C=O) groups excluding carboxylic acids is 2. The molecule has 1 aromatic carbocycles. The van der Waals surface area contributed by atoms with Crippen LogP contribution in [0.2, 0.25) is 0 Å². The van der Waals surface area contributed by atoms with Crippen LogP contribution in [0, 0.1) is 18.2 Å². The van der Waals surface area contributed by atoms with Gasteiger partial charge in [-0.1, -0.05) is 18.1 Å². The van der Waals surface area contributed by atoms with Crippen LogP contribution in [0.15, 0.2) is 24.3 Å². The Morgan fingerprint density at radius 2 is 1.73 bits per heavy atom. The third-order valence-electron chi connectivity index (χ3n) is 3.06. The molecule has 0 aliphatic rings. The van der Waals surface area contributed by atoms with E-state index in [4.69, 9.17) is 11.2 Å². The summed E-state index contributed by atoms with van der Waals surface area (Å²) in [5.41, 5.74) is 0.762. The van der Waals surface area contributed by atoms with Crippen molar-refractivity contribution in [2.45, 2.75) is 0 Å². The van der Waals surface area contributed by atoms with Crippen molar-refractivity contribution in [1.82, 2.24) is 4.98 Å². The molecule has 0 atom stereocenters. The van der Waals surface area contributed by atoms with E-state index in [2.05, 4.69) is 15.6 Å². The van der Waals surface area contributed by atoms with Gasteiger partial charge in [0.1, 0.15) is 22.8 Å². The fourth-order valence-electron chi connectivity index (χ4n) is 2.07. The fourth-order valence-corrected chi connectivity index (χ4v) is 2.07. The van der Waals surface area contributed by atoms with Crippen molar-refractivity contribution in [2.75, 3.05) is 14.2 Å². The number of aromatic nitrogens is 1. The first-order valence-electron chi connectivity index (χ1n) is 6.18. The Bertz CT molecular complexity index is 769. The summed E-state index contributed by atoms with van der Waals surface area (Å²) in [6.45, 7) is 0. The van der Waals surface area contributed by atoms with Gasteiger partial charge in [-0.3, -0.25) is 0 Å². The van der Waals surface area contributed by atoms with Crippen LogP contribution in [-0.4, -0.2) is 31.1 Å². The molecule has 5 nitrogen and oxygen atoms in total. The second-order valence-corrected chi connectivity index (χ2v) is 4.26. The maximum Gasteiger partial charge on any atom is 0.355 e. The number of carbonyl (C=O) groups is 2. The van der Waals surface area contributed by atoms with E-state index in [-0.39, 0.29) is 22.5 Å². The molecule has 0 unspecified atom stereocenters. The third kappa shape index (κ3) is 2.56. The lowest BCUT2D eigenvalue weighted by molar-refractivity contribution is 0.0593. The van der Waals surface area contributed by atoms with Gasteiger partial charge in [0.2, 0.25) is 0 Å². The standard InChI is InChI=1S/C16H12FNO4/c1-4-11-13(15(19)21-2)12(14(18-11)16(20)22-3)9-5-7-10(17)8-6-9/h1,5-8,18H,2-3H3. The average molecular weight is 301 g/mol. The number of esters is 2. The van der Waals surface area contributed by atoms with Gasteiger partial charge in [0.15, 0.2) is 0 Å². The van der Waals surface area contributed by atoms with Crippen LogP contribution in [-0.2, 0) is 9.47 Å². The lowest BCUT2D eigenvalue weighted by Gasteiger charge is -2.06. The Balaban J connectivity index is 2.80. The molecule has 0 saturated carbocycles. The van der Waals surface area contributed by atoms with E-state index < -0.39 is 17.8 Å². The Labute approximate surface area is 126 Å². The molecule has 0 radical (unpaired) electrons. The minimum atomic E-state index is -0.710. The monoisotopic (exact) mass is 301 g/mol. The number of hydrogen-bond acceptors (Lipinski definition) is 4. The van der Waals surface area contributed by atoms with Crippen molar-refractivity contribution in [3.05, 3.63) is 47.0 Å². The molecular weight excluding hydrogens is 289 g/mol. The number of rotatable bonds is 3. The fraction of sp³-hybridized carbons (Fsp3) is 0.125. The average Bonchev–Trinajstić information content (AvgIpc) is 2.93. The number of hydrogen-bond donors (Lipinski definition) is 1. The number of methoxy groups -OCH3 is 2. The Morgan fingerprint density at radius 1 is 1.14 bits per heavy atom. The molecule has 6 heteroatoms. The van der Waals surface area contributed by atoms with Crippen molar-refractivity contribution < 1.29 is 23.5 Å². The molecule has 1 heterocycles. The largest absolute Gasteiger partial charge is 0.465 e. The number of nitrogens with one attached hydrogen (secondary N) is 1. The molecule has 22 heavy (non-hydrogen) atoms. The van der Waals surface area contributed by atoms with E-state index in [1.54, 1.807) is 0 Å². The zero-order chi connectivity index (χ0) is 16.3. The zero-order valence-corrected chi connectivity index (χ0v) is 11.9. The van der Waals surface area contributed by atoms with Gasteiger partial charge >= 0.3 is 11.9 Å². The van der Waals surface area contributed by atoms with Crippen molar-refractivity contribution in [3.8, 4) is 23.5 Å². The summed E-state index contributed by atoms with van der Waals surface area (Å²) in [4.78, 5) is 26.6. The summed E-state index contributed by atoms with van der Waals surface area (Å²) in [6, 6.07) is 5.27. The van der Waals surface area contributed by atoms with Gasteiger partial charge in [-0.05, 0) is 17.7 Å². The molecule has 2 aromatic rings. The number of ether oxygens (including phenoxy) is 2. The highest BCUT2D eigenvalue weighted by molar-refractivity contribution is 6.07. The zero-order valence-electron chi connectivity index (χ0n) is 11.9. The highest BCUT2D eigenvalue weighted by Gasteiger charge is 2.28. The molecule has 0 spiro atoms. The Hall–Kier alpha value is -3.07. The summed E-state index contributed by atoms with van der Waals surface area (Å²) in [7, 11) is 2.40. The van der Waals surface area contributed by atoms with E-state index in [0.717, 1.165) is 0 Å². The summed E-state index contributed by atoms with van der Waals surface area (Å²) < 4.78 is 22.5. The van der Waals surface area contributed by atoms with Crippen LogP contribution >= 0.6 is 0 Å². The van der Waals surface area contributed by atoms with E-state index >= 15 is 0 Å². The molecule has 0 aliphatic heterocycles. The summed E-state index contributed by atoms with van der Waals surface area (Å²) in [6.07, 6.45) is 5.37. The first-order chi connectivity index (χ1) is 10.5. The SMILES string of the molecule is C#Cc1[nH]c(C(=O)OC)c(-c2ccc(F)cc2)c1C(=O)OC. The topological polar surface area (TPSA) is 68.4 Å². The maximum absolute atomic E-state index is 13.1. The van der Waals surface area contributed by atoms with Crippen LogP contribution in [0.25, 0.3) is 11.1 Å². The van der Waals surface area contributed by atoms with Gasteiger partial charge in [0.25, 0.3) is 0 Å². The highest BCUT2D eigenvalue weighted by atomic mass is 19.1. The highest BCUT2D eigenvalue weighted by Crippen LogP contribution is 2.31. The van der Waals surface area contributed by atoms with Crippen LogP contribution in [0.1, 0.15) is 26.5 Å². The first-order valence-corrected chi connectivity index (χ1v) is 6.18. The predicted octanol–water partition coefficient (Wildman–Crippen LogP) is 2.38. The summed E-state index contributed by atoms with van der Waals surface area (Å²) in [5.74, 6) is 0.433. The number of benzene rings is 1. The molecule has 1 N–H and O–H groups in total. The lowest BCUT2D eigenvalue weighted by atomic mass is 10.00. The Kier molecular flexibility index (Phi) is 4.28. The molecular formula is C16H12FNO4. The molecule has 0 amide bonds. The maximum atomic E-state index is 13.1. The van der Waals surface area contributed by atoms with Gasteiger partial charge in [-0.25, -0.2) is 14.0 Å². The molecule has 1 aromatic heterocycles.